The summed E-state index contributed by atoms with van der Waals surface area (Å²) in [6, 6.07) is 9.83. The predicted octanol–water partition coefficient (Wildman–Crippen LogP) is 1.62. The molecule has 0 atom stereocenters. The van der Waals surface area contributed by atoms with Gasteiger partial charge in [0.05, 0.1) is 6.54 Å². The van der Waals surface area contributed by atoms with Crippen LogP contribution in [-0.4, -0.2) is 30.5 Å². The number of aromatic nitrogens is 5. The fourth-order valence-corrected chi connectivity index (χ4v) is 2.01. The standard InChI is InChI=1S/C15H16N6O/c1-11-3-5-12(6-4-11)9-21-10-16-15(19-21)17-14(22)13-7-8-20(2)18-13/h3-8,10H,9H2,1-2H3,(H,17,19,22). The molecule has 1 amide bonds. The highest BCUT2D eigenvalue weighted by atomic mass is 16.2. The van der Waals surface area contributed by atoms with Crippen molar-refractivity contribution in [3.63, 3.8) is 0 Å². The zero-order valence-corrected chi connectivity index (χ0v) is 12.4. The second-order valence-corrected chi connectivity index (χ2v) is 5.08. The maximum atomic E-state index is 12.0. The van der Waals surface area contributed by atoms with Gasteiger partial charge in [-0.05, 0) is 18.6 Å². The molecule has 0 spiro atoms. The van der Waals surface area contributed by atoms with Gasteiger partial charge in [-0.1, -0.05) is 29.8 Å². The van der Waals surface area contributed by atoms with Crippen molar-refractivity contribution in [3.8, 4) is 0 Å². The Morgan fingerprint density at radius 2 is 1.95 bits per heavy atom. The van der Waals surface area contributed by atoms with Gasteiger partial charge < -0.3 is 0 Å². The summed E-state index contributed by atoms with van der Waals surface area (Å²) in [4.78, 5) is 16.0. The number of carbonyl (C=O) groups excluding carboxylic acids is 1. The molecule has 3 rings (SSSR count). The number of nitrogens with one attached hydrogen (secondary N) is 1. The molecule has 1 aromatic carbocycles. The van der Waals surface area contributed by atoms with Crippen LogP contribution < -0.4 is 5.32 Å². The van der Waals surface area contributed by atoms with E-state index in [-0.39, 0.29) is 11.9 Å². The fourth-order valence-electron chi connectivity index (χ4n) is 2.01. The summed E-state index contributed by atoms with van der Waals surface area (Å²) in [7, 11) is 1.76. The Kier molecular flexibility index (Phi) is 3.69. The molecule has 2 heterocycles. The largest absolute Gasteiger partial charge is 0.288 e. The average molecular weight is 296 g/mol. The van der Waals surface area contributed by atoms with E-state index < -0.39 is 0 Å². The maximum absolute atomic E-state index is 12.0. The molecule has 0 fully saturated rings. The number of anilines is 1. The van der Waals surface area contributed by atoms with Crippen LogP contribution in [0.2, 0.25) is 0 Å². The smallest absolute Gasteiger partial charge is 0.278 e. The molecule has 0 bridgehead atoms. The highest BCUT2D eigenvalue weighted by Gasteiger charge is 2.11. The van der Waals surface area contributed by atoms with E-state index in [1.54, 1.807) is 35.0 Å². The van der Waals surface area contributed by atoms with Crippen molar-refractivity contribution in [2.75, 3.05) is 5.32 Å². The zero-order valence-electron chi connectivity index (χ0n) is 12.4. The van der Waals surface area contributed by atoms with E-state index in [0.29, 0.717) is 12.2 Å². The molecule has 1 N–H and O–H groups in total. The van der Waals surface area contributed by atoms with E-state index in [9.17, 15) is 4.79 Å². The van der Waals surface area contributed by atoms with Crippen LogP contribution in [0.15, 0.2) is 42.9 Å². The summed E-state index contributed by atoms with van der Waals surface area (Å²) in [5.41, 5.74) is 2.67. The first-order valence-corrected chi connectivity index (χ1v) is 6.86. The molecular formula is C15H16N6O. The van der Waals surface area contributed by atoms with Crippen molar-refractivity contribution in [2.24, 2.45) is 7.05 Å². The summed E-state index contributed by atoms with van der Waals surface area (Å²) in [6.07, 6.45) is 3.30. The normalized spacial score (nSPS) is 10.6. The number of aryl methyl sites for hydroxylation is 2. The summed E-state index contributed by atoms with van der Waals surface area (Å²) in [5.74, 6) is -0.0588. The Bertz CT molecular complexity index is 786. The van der Waals surface area contributed by atoms with Gasteiger partial charge >= 0.3 is 0 Å². The lowest BCUT2D eigenvalue weighted by Gasteiger charge is -2.01. The van der Waals surface area contributed by atoms with Gasteiger partial charge in [0.1, 0.15) is 6.33 Å². The molecule has 7 heteroatoms. The summed E-state index contributed by atoms with van der Waals surface area (Å²) >= 11 is 0. The first-order valence-electron chi connectivity index (χ1n) is 6.86. The molecule has 3 aromatic rings. The minimum atomic E-state index is -0.325. The van der Waals surface area contributed by atoms with E-state index in [1.807, 2.05) is 19.1 Å². The Hall–Kier alpha value is -2.96. The number of nitrogens with zero attached hydrogens (tertiary/aromatic N) is 5. The van der Waals surface area contributed by atoms with Crippen molar-refractivity contribution < 1.29 is 4.79 Å². The number of carbonyl (C=O) groups is 1. The lowest BCUT2D eigenvalue weighted by molar-refractivity contribution is 0.102. The third-order valence-electron chi connectivity index (χ3n) is 3.17. The van der Waals surface area contributed by atoms with Crippen LogP contribution in [0.1, 0.15) is 21.6 Å². The van der Waals surface area contributed by atoms with Crippen molar-refractivity contribution in [3.05, 3.63) is 59.7 Å². The van der Waals surface area contributed by atoms with Crippen LogP contribution in [0.5, 0.6) is 0 Å². The first-order chi connectivity index (χ1) is 10.6. The topological polar surface area (TPSA) is 77.6 Å². The zero-order chi connectivity index (χ0) is 15.5. The molecule has 7 nitrogen and oxygen atoms in total. The van der Waals surface area contributed by atoms with Gasteiger partial charge in [0, 0.05) is 13.2 Å². The predicted molar refractivity (Wildman–Crippen MR) is 81.5 cm³/mol. The lowest BCUT2D eigenvalue weighted by Crippen LogP contribution is -2.14. The Morgan fingerprint density at radius 3 is 2.64 bits per heavy atom. The monoisotopic (exact) mass is 296 g/mol. The van der Waals surface area contributed by atoms with E-state index in [0.717, 1.165) is 5.56 Å². The van der Waals surface area contributed by atoms with Gasteiger partial charge in [-0.15, -0.1) is 5.10 Å². The number of hydrogen-bond donors (Lipinski definition) is 1. The number of hydrogen-bond acceptors (Lipinski definition) is 4. The first kappa shape index (κ1) is 14.0. The molecule has 0 saturated carbocycles. The second kappa shape index (κ2) is 5.80. The Labute approximate surface area is 127 Å². The molecular weight excluding hydrogens is 280 g/mol. The molecule has 2 aromatic heterocycles. The molecule has 0 aliphatic rings. The number of benzene rings is 1. The number of amides is 1. The van der Waals surface area contributed by atoms with Crippen molar-refractivity contribution in [2.45, 2.75) is 13.5 Å². The quantitative estimate of drug-likeness (QED) is 0.793. The second-order valence-electron chi connectivity index (χ2n) is 5.08. The molecule has 0 saturated heterocycles. The van der Waals surface area contributed by atoms with Crippen LogP contribution in [-0.2, 0) is 13.6 Å². The van der Waals surface area contributed by atoms with E-state index in [2.05, 4.69) is 32.6 Å². The summed E-state index contributed by atoms with van der Waals surface area (Å²) in [5, 5.41) is 10.9. The highest BCUT2D eigenvalue weighted by molar-refractivity contribution is 6.01. The van der Waals surface area contributed by atoms with Crippen LogP contribution in [0.3, 0.4) is 0 Å². The molecule has 0 aliphatic carbocycles. The highest BCUT2D eigenvalue weighted by Crippen LogP contribution is 2.06. The van der Waals surface area contributed by atoms with E-state index in [1.165, 1.54) is 5.56 Å². The van der Waals surface area contributed by atoms with E-state index >= 15 is 0 Å². The third kappa shape index (κ3) is 3.20. The maximum Gasteiger partial charge on any atom is 0.278 e. The van der Waals surface area contributed by atoms with Gasteiger partial charge in [0.25, 0.3) is 5.91 Å². The SMILES string of the molecule is Cc1ccc(Cn2cnc(NC(=O)c3ccn(C)n3)n2)cc1. The molecule has 22 heavy (non-hydrogen) atoms. The van der Waals surface area contributed by atoms with Crippen LogP contribution in [0.4, 0.5) is 5.95 Å². The fraction of sp³-hybridized carbons (Fsp3) is 0.200. The minimum Gasteiger partial charge on any atom is -0.288 e. The Balaban J connectivity index is 1.66. The van der Waals surface area contributed by atoms with Crippen molar-refractivity contribution >= 4 is 11.9 Å². The van der Waals surface area contributed by atoms with Crippen molar-refractivity contribution in [1.29, 1.82) is 0 Å². The van der Waals surface area contributed by atoms with Gasteiger partial charge in [-0.2, -0.15) is 5.10 Å². The molecule has 112 valence electrons. The van der Waals surface area contributed by atoms with Crippen LogP contribution in [0.25, 0.3) is 0 Å². The molecule has 0 aliphatic heterocycles. The van der Waals surface area contributed by atoms with Crippen LogP contribution in [0, 0.1) is 6.92 Å². The molecule has 0 radical (unpaired) electrons. The van der Waals surface area contributed by atoms with Crippen molar-refractivity contribution in [1.82, 2.24) is 24.5 Å². The summed E-state index contributed by atoms with van der Waals surface area (Å²) < 4.78 is 3.25. The van der Waals surface area contributed by atoms with Gasteiger partial charge in [0.15, 0.2) is 5.69 Å². The third-order valence-corrected chi connectivity index (χ3v) is 3.17. The van der Waals surface area contributed by atoms with Gasteiger partial charge in [-0.25, -0.2) is 9.67 Å². The average Bonchev–Trinajstić information content (AvgIpc) is 3.11. The van der Waals surface area contributed by atoms with E-state index in [4.69, 9.17) is 0 Å². The Morgan fingerprint density at radius 1 is 1.18 bits per heavy atom. The van der Waals surface area contributed by atoms with Gasteiger partial charge in [0.2, 0.25) is 5.95 Å². The molecule has 0 unspecified atom stereocenters. The summed E-state index contributed by atoms with van der Waals surface area (Å²) in [6.45, 7) is 2.65. The minimum absolute atomic E-state index is 0.266. The number of rotatable bonds is 4. The lowest BCUT2D eigenvalue weighted by atomic mass is 10.1. The van der Waals surface area contributed by atoms with Crippen LogP contribution >= 0.6 is 0 Å². The van der Waals surface area contributed by atoms with Gasteiger partial charge in [-0.3, -0.25) is 14.8 Å².